The molecule has 0 saturated heterocycles. The third kappa shape index (κ3) is 6.69. The number of halogens is 1. The van der Waals surface area contributed by atoms with Gasteiger partial charge in [0.1, 0.15) is 0 Å². The zero-order valence-electron chi connectivity index (χ0n) is 22.6. The third-order valence-electron chi connectivity index (χ3n) is 10.1. The number of rotatable bonds is 9. The van der Waals surface area contributed by atoms with Gasteiger partial charge in [-0.3, -0.25) is 4.79 Å². The Labute approximate surface area is 213 Å². The van der Waals surface area contributed by atoms with Gasteiger partial charge in [-0.15, -0.1) is 0 Å². The van der Waals surface area contributed by atoms with Crippen molar-refractivity contribution >= 4 is 5.78 Å². The number of carbonyl (C=O) groups excluding carboxylic acids is 1. The first-order chi connectivity index (χ1) is 17.0. The van der Waals surface area contributed by atoms with Crippen LogP contribution in [0, 0.1) is 48.2 Å². The highest BCUT2D eigenvalue weighted by Gasteiger charge is 2.34. The summed E-state index contributed by atoms with van der Waals surface area (Å²) in [5, 5.41) is 0. The van der Waals surface area contributed by atoms with Gasteiger partial charge in [0.2, 0.25) is 0 Å². The van der Waals surface area contributed by atoms with E-state index in [1.54, 1.807) is 19.1 Å². The molecule has 1 aromatic rings. The zero-order valence-corrected chi connectivity index (χ0v) is 22.6. The maximum absolute atomic E-state index is 14.8. The molecule has 0 radical (unpaired) electrons. The van der Waals surface area contributed by atoms with E-state index in [2.05, 4.69) is 6.92 Å². The number of ketones is 1. The molecule has 3 aliphatic carbocycles. The number of hydrogen-bond acceptors (Lipinski definition) is 2. The summed E-state index contributed by atoms with van der Waals surface area (Å²) in [4.78, 5) is 12.0. The minimum absolute atomic E-state index is 0.0142. The predicted molar refractivity (Wildman–Crippen MR) is 143 cm³/mol. The molecule has 0 amide bonds. The molecule has 35 heavy (non-hydrogen) atoms. The summed E-state index contributed by atoms with van der Waals surface area (Å²) in [5.74, 6) is 5.34. The lowest BCUT2D eigenvalue weighted by Crippen LogP contribution is -2.30. The molecule has 4 rings (SSSR count). The molecule has 2 nitrogen and oxygen atoms in total. The fourth-order valence-corrected chi connectivity index (χ4v) is 7.74. The maximum atomic E-state index is 14.8. The van der Waals surface area contributed by atoms with Crippen molar-refractivity contribution in [2.75, 3.05) is 6.61 Å². The molecule has 0 aromatic heterocycles. The van der Waals surface area contributed by atoms with E-state index < -0.39 is 0 Å². The van der Waals surface area contributed by atoms with Crippen LogP contribution in [0.3, 0.4) is 0 Å². The topological polar surface area (TPSA) is 26.3 Å². The Morgan fingerprint density at radius 1 is 0.800 bits per heavy atom. The molecule has 0 unspecified atom stereocenters. The van der Waals surface area contributed by atoms with Gasteiger partial charge in [0.15, 0.2) is 17.3 Å². The summed E-state index contributed by atoms with van der Waals surface area (Å²) >= 11 is 0. The standard InChI is InChI=1S/C32H49FO2/c1-4-6-23-7-11-25(12-8-23)27-15-17-28(18-16-27)26-13-9-24(10-14-26)21-35-31-20-19-29(30(34)5-2)22(3)32(31)33/h19-20,23-28H,4-18,21H2,1-3H3. The van der Waals surface area contributed by atoms with E-state index in [1.807, 2.05) is 6.92 Å². The summed E-state index contributed by atoms with van der Waals surface area (Å²) in [6.45, 7) is 6.43. The maximum Gasteiger partial charge on any atom is 0.168 e. The Bertz CT molecular complexity index is 809. The van der Waals surface area contributed by atoms with Crippen LogP contribution < -0.4 is 4.74 Å². The number of benzene rings is 1. The molecule has 1 aromatic carbocycles. The van der Waals surface area contributed by atoms with Gasteiger partial charge >= 0.3 is 0 Å². The first-order valence-corrected chi connectivity index (χ1v) is 14.9. The van der Waals surface area contributed by atoms with Crippen molar-refractivity contribution in [1.29, 1.82) is 0 Å². The molecule has 0 N–H and O–H groups in total. The first kappa shape index (κ1) is 26.7. The summed E-state index contributed by atoms with van der Waals surface area (Å²) in [7, 11) is 0. The van der Waals surface area contributed by atoms with Crippen molar-refractivity contribution in [3.8, 4) is 5.75 Å². The van der Waals surface area contributed by atoms with Crippen molar-refractivity contribution in [3.63, 3.8) is 0 Å². The lowest BCUT2D eigenvalue weighted by atomic mass is 9.65. The fraction of sp³-hybridized carbons (Fsp3) is 0.781. The molecule has 196 valence electrons. The van der Waals surface area contributed by atoms with Crippen molar-refractivity contribution in [2.24, 2.45) is 35.5 Å². The first-order valence-electron chi connectivity index (χ1n) is 14.9. The minimum atomic E-state index is -0.367. The highest BCUT2D eigenvalue weighted by Crippen LogP contribution is 2.46. The predicted octanol–water partition coefficient (Wildman–Crippen LogP) is 9.32. The van der Waals surface area contributed by atoms with Crippen LogP contribution in [0.4, 0.5) is 4.39 Å². The summed E-state index contributed by atoms with van der Waals surface area (Å²) < 4.78 is 20.7. The Morgan fingerprint density at radius 3 is 1.77 bits per heavy atom. The quantitative estimate of drug-likeness (QED) is 0.326. The average molecular weight is 485 g/mol. The van der Waals surface area contributed by atoms with Crippen LogP contribution in [0.1, 0.15) is 126 Å². The van der Waals surface area contributed by atoms with Crippen LogP contribution in [-0.4, -0.2) is 12.4 Å². The number of hydrogen-bond donors (Lipinski definition) is 0. The van der Waals surface area contributed by atoms with E-state index in [4.69, 9.17) is 4.74 Å². The number of ether oxygens (including phenoxy) is 1. The molecule has 3 fully saturated rings. The van der Waals surface area contributed by atoms with Crippen LogP contribution in [0.2, 0.25) is 0 Å². The second-order valence-electron chi connectivity index (χ2n) is 12.2. The van der Waals surface area contributed by atoms with Crippen molar-refractivity contribution in [1.82, 2.24) is 0 Å². The largest absolute Gasteiger partial charge is 0.490 e. The summed E-state index contributed by atoms with van der Waals surface area (Å²) in [6, 6.07) is 3.37. The fourth-order valence-electron chi connectivity index (χ4n) is 7.74. The van der Waals surface area contributed by atoms with Crippen LogP contribution in [-0.2, 0) is 0 Å². The molecule has 0 heterocycles. The van der Waals surface area contributed by atoms with Crippen LogP contribution >= 0.6 is 0 Å². The SMILES string of the molecule is CCCC1CCC(C2CCC(C3CCC(COc4ccc(C(=O)CC)c(C)c4F)CC3)CC2)CC1. The van der Waals surface area contributed by atoms with Gasteiger partial charge in [-0.1, -0.05) is 39.5 Å². The van der Waals surface area contributed by atoms with E-state index in [0.717, 1.165) is 29.6 Å². The monoisotopic (exact) mass is 484 g/mol. The number of carbonyl (C=O) groups is 1. The normalized spacial score (nSPS) is 31.8. The molecular weight excluding hydrogens is 435 g/mol. The molecule has 0 aliphatic heterocycles. The van der Waals surface area contributed by atoms with Crippen LogP contribution in [0.15, 0.2) is 12.1 Å². The van der Waals surface area contributed by atoms with E-state index in [9.17, 15) is 9.18 Å². The van der Waals surface area contributed by atoms with Crippen molar-refractivity contribution in [3.05, 3.63) is 29.1 Å². The molecule has 3 aliphatic rings. The molecule has 0 atom stereocenters. The van der Waals surface area contributed by atoms with E-state index >= 15 is 0 Å². The smallest absolute Gasteiger partial charge is 0.168 e. The van der Waals surface area contributed by atoms with Gasteiger partial charge in [0, 0.05) is 12.0 Å². The Balaban J connectivity index is 1.17. The van der Waals surface area contributed by atoms with Crippen LogP contribution in [0.5, 0.6) is 5.75 Å². The molecule has 3 heteroatoms. The highest BCUT2D eigenvalue weighted by molar-refractivity contribution is 5.97. The Hall–Kier alpha value is -1.38. The van der Waals surface area contributed by atoms with Crippen molar-refractivity contribution < 1.29 is 13.9 Å². The van der Waals surface area contributed by atoms with Gasteiger partial charge in [-0.2, -0.15) is 0 Å². The number of Topliss-reactive ketones (excluding diaryl/α,β-unsaturated/α-hetero) is 1. The third-order valence-corrected chi connectivity index (χ3v) is 10.1. The van der Waals surface area contributed by atoms with Gasteiger partial charge < -0.3 is 4.74 Å². The Morgan fingerprint density at radius 2 is 1.29 bits per heavy atom. The van der Waals surface area contributed by atoms with E-state index in [0.29, 0.717) is 35.8 Å². The van der Waals surface area contributed by atoms with Gasteiger partial charge in [-0.25, -0.2) is 4.39 Å². The van der Waals surface area contributed by atoms with Gasteiger partial charge in [0.25, 0.3) is 0 Å². The lowest BCUT2D eigenvalue weighted by Gasteiger charge is -2.41. The second kappa shape index (κ2) is 12.7. The van der Waals surface area contributed by atoms with Gasteiger partial charge in [-0.05, 0) is 124 Å². The molecule has 0 spiro atoms. The van der Waals surface area contributed by atoms with Crippen LogP contribution in [0.25, 0.3) is 0 Å². The van der Waals surface area contributed by atoms with Crippen molar-refractivity contribution in [2.45, 2.75) is 117 Å². The van der Waals surface area contributed by atoms with Gasteiger partial charge in [0.05, 0.1) is 6.61 Å². The molecule has 3 saturated carbocycles. The average Bonchev–Trinajstić information content (AvgIpc) is 2.90. The zero-order chi connectivity index (χ0) is 24.8. The second-order valence-corrected chi connectivity index (χ2v) is 12.2. The lowest BCUT2D eigenvalue weighted by molar-refractivity contribution is 0.0945. The summed E-state index contributed by atoms with van der Waals surface area (Å²) in [6.07, 6.45) is 20.1. The highest BCUT2D eigenvalue weighted by atomic mass is 19.1. The van der Waals surface area contributed by atoms with E-state index in [-0.39, 0.29) is 11.6 Å². The molecule has 0 bridgehead atoms. The summed E-state index contributed by atoms with van der Waals surface area (Å²) in [5.41, 5.74) is 0.902. The molecular formula is C32H49FO2. The van der Waals surface area contributed by atoms with E-state index in [1.165, 1.54) is 89.9 Å². The Kier molecular flexibility index (Phi) is 9.70. The minimum Gasteiger partial charge on any atom is -0.490 e.